The molecule has 1 unspecified atom stereocenters. The van der Waals surface area contributed by atoms with Gasteiger partial charge in [0.15, 0.2) is 0 Å². The summed E-state index contributed by atoms with van der Waals surface area (Å²) in [6, 6.07) is 8.47. The molecule has 16 heavy (non-hydrogen) atoms. The molecule has 0 fully saturated rings. The molecule has 0 bridgehead atoms. The van der Waals surface area contributed by atoms with Crippen LogP contribution in [0.5, 0.6) is 5.75 Å². The number of ether oxygens (including phenoxy) is 1. The molecule has 90 valence electrons. The average Bonchev–Trinajstić information content (AvgIpc) is 2.28. The lowest BCUT2D eigenvalue weighted by Gasteiger charge is -2.23. The zero-order valence-corrected chi connectivity index (χ0v) is 10.4. The molecule has 0 amide bonds. The van der Waals surface area contributed by atoms with Gasteiger partial charge in [-0.05, 0) is 38.2 Å². The van der Waals surface area contributed by atoms with Gasteiger partial charge in [0.1, 0.15) is 5.75 Å². The van der Waals surface area contributed by atoms with E-state index in [9.17, 15) is 0 Å². The third kappa shape index (κ3) is 3.51. The highest BCUT2D eigenvalue weighted by atomic mass is 16.5. The molecule has 0 aliphatic rings. The van der Waals surface area contributed by atoms with E-state index in [4.69, 9.17) is 10.5 Å². The summed E-state index contributed by atoms with van der Waals surface area (Å²) in [5, 5.41) is 0. The molecule has 0 radical (unpaired) electrons. The van der Waals surface area contributed by atoms with E-state index < -0.39 is 0 Å². The summed E-state index contributed by atoms with van der Waals surface area (Å²) in [6.07, 6.45) is 1.03. The molecule has 0 heterocycles. The second kappa shape index (κ2) is 6.51. The van der Waals surface area contributed by atoms with Crippen LogP contribution in [0.1, 0.15) is 24.9 Å². The Morgan fingerprint density at radius 2 is 1.88 bits per heavy atom. The Balaban J connectivity index is 2.69. The molecule has 0 aliphatic carbocycles. The van der Waals surface area contributed by atoms with Crippen molar-refractivity contribution in [3.63, 3.8) is 0 Å². The Hall–Kier alpha value is -1.06. The molecule has 1 atom stereocenters. The number of hydrogen-bond acceptors (Lipinski definition) is 3. The summed E-state index contributed by atoms with van der Waals surface area (Å²) in [5.41, 5.74) is 6.98. The largest absolute Gasteiger partial charge is 0.494 e. The molecule has 0 aromatic heterocycles. The molecular formula is C13H22N2O. The van der Waals surface area contributed by atoms with Gasteiger partial charge in [-0.2, -0.15) is 0 Å². The Morgan fingerprint density at radius 3 is 2.31 bits per heavy atom. The van der Waals surface area contributed by atoms with Gasteiger partial charge in [0.2, 0.25) is 0 Å². The van der Waals surface area contributed by atoms with Crippen molar-refractivity contribution >= 4 is 0 Å². The number of nitrogens with zero attached hydrogens (tertiary/aromatic N) is 1. The topological polar surface area (TPSA) is 38.5 Å². The first-order valence-electron chi connectivity index (χ1n) is 5.78. The summed E-state index contributed by atoms with van der Waals surface area (Å²) in [5.74, 6) is 0.931. The molecule has 3 nitrogen and oxygen atoms in total. The van der Waals surface area contributed by atoms with Gasteiger partial charge >= 0.3 is 0 Å². The van der Waals surface area contributed by atoms with E-state index in [1.165, 1.54) is 5.56 Å². The molecule has 1 aromatic rings. The van der Waals surface area contributed by atoms with Gasteiger partial charge in [-0.3, -0.25) is 0 Å². The minimum Gasteiger partial charge on any atom is -0.494 e. The summed E-state index contributed by atoms with van der Waals surface area (Å²) >= 11 is 0. The minimum absolute atomic E-state index is 0.278. The van der Waals surface area contributed by atoms with Crippen molar-refractivity contribution in [2.45, 2.75) is 19.4 Å². The van der Waals surface area contributed by atoms with Crippen molar-refractivity contribution in [3.05, 3.63) is 29.8 Å². The third-order valence-corrected chi connectivity index (χ3v) is 2.58. The van der Waals surface area contributed by atoms with Crippen LogP contribution in [0.4, 0.5) is 0 Å². The molecular weight excluding hydrogens is 200 g/mol. The quantitative estimate of drug-likeness (QED) is 0.800. The van der Waals surface area contributed by atoms with Gasteiger partial charge in [0.05, 0.1) is 6.61 Å². The van der Waals surface area contributed by atoms with Gasteiger partial charge in [0, 0.05) is 12.6 Å². The van der Waals surface area contributed by atoms with E-state index in [2.05, 4.69) is 24.0 Å². The minimum atomic E-state index is 0.278. The highest BCUT2D eigenvalue weighted by Gasteiger charge is 2.11. The highest BCUT2D eigenvalue weighted by Crippen LogP contribution is 2.20. The lowest BCUT2D eigenvalue weighted by Crippen LogP contribution is -2.27. The van der Waals surface area contributed by atoms with Crippen LogP contribution in [-0.2, 0) is 0 Å². The molecule has 2 N–H and O–H groups in total. The third-order valence-electron chi connectivity index (χ3n) is 2.58. The summed E-state index contributed by atoms with van der Waals surface area (Å²) < 4.78 is 5.54. The first kappa shape index (κ1) is 13.0. The van der Waals surface area contributed by atoms with Crippen LogP contribution in [0, 0.1) is 0 Å². The van der Waals surface area contributed by atoms with Crippen molar-refractivity contribution in [1.82, 2.24) is 4.90 Å². The predicted octanol–water partition coefficient (Wildman–Crippen LogP) is 2.04. The standard InChI is InChI=1S/C13H22N2O/c1-4-9-16-12-7-5-11(6-8-12)13(10-14)15(2)3/h5-8,13H,4,9-10,14H2,1-3H3. The second-order valence-electron chi connectivity index (χ2n) is 4.13. The van der Waals surface area contributed by atoms with Crippen molar-refractivity contribution in [1.29, 1.82) is 0 Å². The van der Waals surface area contributed by atoms with Gasteiger partial charge in [0.25, 0.3) is 0 Å². The van der Waals surface area contributed by atoms with Crippen LogP contribution < -0.4 is 10.5 Å². The Kier molecular flexibility index (Phi) is 5.29. The Labute approximate surface area is 98.2 Å². The molecule has 0 aliphatic heterocycles. The first-order chi connectivity index (χ1) is 7.69. The second-order valence-corrected chi connectivity index (χ2v) is 4.13. The predicted molar refractivity (Wildman–Crippen MR) is 67.7 cm³/mol. The number of hydrogen-bond donors (Lipinski definition) is 1. The average molecular weight is 222 g/mol. The van der Waals surface area contributed by atoms with Crippen LogP contribution in [0.3, 0.4) is 0 Å². The number of nitrogens with two attached hydrogens (primary N) is 1. The SMILES string of the molecule is CCCOc1ccc(C(CN)N(C)C)cc1. The zero-order chi connectivity index (χ0) is 12.0. The molecule has 0 spiro atoms. The van der Waals surface area contributed by atoms with Crippen molar-refractivity contribution in [2.75, 3.05) is 27.2 Å². The van der Waals surface area contributed by atoms with Crippen LogP contribution in [-0.4, -0.2) is 32.1 Å². The lowest BCUT2D eigenvalue weighted by atomic mass is 10.1. The number of rotatable bonds is 6. The maximum absolute atomic E-state index is 5.75. The highest BCUT2D eigenvalue weighted by molar-refractivity contribution is 5.29. The van der Waals surface area contributed by atoms with Gasteiger partial charge in [-0.25, -0.2) is 0 Å². The number of likely N-dealkylation sites (N-methyl/N-ethyl adjacent to an activating group) is 1. The van der Waals surface area contributed by atoms with Gasteiger partial charge in [-0.1, -0.05) is 19.1 Å². The fourth-order valence-electron chi connectivity index (χ4n) is 1.65. The lowest BCUT2D eigenvalue weighted by molar-refractivity contribution is 0.303. The van der Waals surface area contributed by atoms with Crippen LogP contribution >= 0.6 is 0 Å². The van der Waals surface area contributed by atoms with Crippen molar-refractivity contribution < 1.29 is 4.74 Å². The zero-order valence-electron chi connectivity index (χ0n) is 10.4. The molecule has 0 saturated heterocycles. The first-order valence-corrected chi connectivity index (χ1v) is 5.78. The van der Waals surface area contributed by atoms with Gasteiger partial charge in [-0.15, -0.1) is 0 Å². The molecule has 1 rings (SSSR count). The van der Waals surface area contributed by atoms with E-state index in [1.54, 1.807) is 0 Å². The molecule has 1 aromatic carbocycles. The van der Waals surface area contributed by atoms with Crippen LogP contribution in [0.25, 0.3) is 0 Å². The van der Waals surface area contributed by atoms with Crippen LogP contribution in [0.15, 0.2) is 24.3 Å². The van der Waals surface area contributed by atoms with Crippen molar-refractivity contribution in [2.24, 2.45) is 5.73 Å². The smallest absolute Gasteiger partial charge is 0.119 e. The maximum atomic E-state index is 5.75. The summed E-state index contributed by atoms with van der Waals surface area (Å²) in [4.78, 5) is 2.13. The normalized spacial score (nSPS) is 12.8. The summed E-state index contributed by atoms with van der Waals surface area (Å²) in [6.45, 7) is 3.50. The van der Waals surface area contributed by atoms with Gasteiger partial charge < -0.3 is 15.4 Å². The van der Waals surface area contributed by atoms with Crippen LogP contribution in [0.2, 0.25) is 0 Å². The number of benzene rings is 1. The Morgan fingerprint density at radius 1 is 1.25 bits per heavy atom. The monoisotopic (exact) mass is 222 g/mol. The van der Waals surface area contributed by atoms with E-state index >= 15 is 0 Å². The fraction of sp³-hybridized carbons (Fsp3) is 0.538. The Bertz CT molecular complexity index is 295. The fourth-order valence-corrected chi connectivity index (χ4v) is 1.65. The summed E-state index contributed by atoms with van der Waals surface area (Å²) in [7, 11) is 4.08. The van der Waals surface area contributed by atoms with E-state index in [-0.39, 0.29) is 6.04 Å². The molecule has 0 saturated carbocycles. The van der Waals surface area contributed by atoms with E-state index in [1.807, 2.05) is 26.2 Å². The van der Waals surface area contributed by atoms with Crippen molar-refractivity contribution in [3.8, 4) is 5.75 Å². The van der Waals surface area contributed by atoms with E-state index in [0.29, 0.717) is 6.54 Å². The maximum Gasteiger partial charge on any atom is 0.119 e. The van der Waals surface area contributed by atoms with E-state index in [0.717, 1.165) is 18.8 Å². The molecule has 3 heteroatoms.